The summed E-state index contributed by atoms with van der Waals surface area (Å²) in [6.45, 7) is 1.48. The number of benzene rings is 1. The molecule has 7 heteroatoms. The van der Waals surface area contributed by atoms with E-state index < -0.39 is 17.9 Å². The molecule has 0 aliphatic carbocycles. The Bertz CT molecular complexity index is 654. The summed E-state index contributed by atoms with van der Waals surface area (Å²) in [7, 11) is 1.87. The average molecular weight is 333 g/mol. The van der Waals surface area contributed by atoms with E-state index in [9.17, 15) is 4.79 Å². The minimum Gasteiger partial charge on any atom is -0.454 e. The Morgan fingerprint density at radius 1 is 1.21 bits per heavy atom. The van der Waals surface area contributed by atoms with Crippen LogP contribution in [0.2, 0.25) is 0 Å². The summed E-state index contributed by atoms with van der Waals surface area (Å²) in [5.74, 6) is -0.245. The second-order valence-electron chi connectivity index (χ2n) is 6.70. The lowest BCUT2D eigenvalue weighted by molar-refractivity contribution is -0.275. The number of hydrogen-bond acceptors (Lipinski definition) is 7. The van der Waals surface area contributed by atoms with E-state index >= 15 is 0 Å². The van der Waals surface area contributed by atoms with Crippen LogP contribution >= 0.6 is 0 Å². The molecule has 4 heterocycles. The highest BCUT2D eigenvalue weighted by atomic mass is 16.8. The van der Waals surface area contributed by atoms with Crippen LogP contribution in [0.3, 0.4) is 0 Å². The second-order valence-corrected chi connectivity index (χ2v) is 6.70. The Labute approximate surface area is 139 Å². The van der Waals surface area contributed by atoms with Crippen molar-refractivity contribution in [3.8, 4) is 0 Å². The van der Waals surface area contributed by atoms with Gasteiger partial charge in [-0.3, -0.25) is 4.84 Å². The van der Waals surface area contributed by atoms with Crippen molar-refractivity contribution in [2.75, 3.05) is 26.9 Å². The van der Waals surface area contributed by atoms with Crippen molar-refractivity contribution in [1.82, 2.24) is 5.06 Å². The van der Waals surface area contributed by atoms with Gasteiger partial charge in [-0.05, 0) is 12.1 Å². The highest BCUT2D eigenvalue weighted by molar-refractivity contribution is 5.89. The summed E-state index contributed by atoms with van der Waals surface area (Å²) in [5, 5.41) is 1.80. The molecule has 0 amide bonds. The van der Waals surface area contributed by atoms with Gasteiger partial charge in [-0.2, -0.15) is 5.06 Å². The highest BCUT2D eigenvalue weighted by Crippen LogP contribution is 2.52. The number of likely N-dealkylation sites (N-methyl/N-ethyl adjacent to an activating group) is 1. The van der Waals surface area contributed by atoms with Crippen molar-refractivity contribution >= 4 is 5.97 Å². The van der Waals surface area contributed by atoms with Gasteiger partial charge in [0, 0.05) is 13.0 Å². The quantitative estimate of drug-likeness (QED) is 0.734. The van der Waals surface area contributed by atoms with Crippen molar-refractivity contribution in [2.45, 2.75) is 30.1 Å². The maximum atomic E-state index is 12.6. The molecule has 0 unspecified atom stereocenters. The third-order valence-electron chi connectivity index (χ3n) is 5.62. The molecule has 24 heavy (non-hydrogen) atoms. The van der Waals surface area contributed by atoms with E-state index in [2.05, 4.69) is 0 Å². The van der Waals surface area contributed by atoms with E-state index in [1.54, 1.807) is 17.2 Å². The van der Waals surface area contributed by atoms with Crippen molar-refractivity contribution in [3.63, 3.8) is 0 Å². The molecule has 128 valence electrons. The standard InChI is InChI=1S/C17H19NO6/c1-18-17-11(8-22-18)7-20-14(17)16-21-9-12(23-16)13(17)24-15(19)10-5-3-2-4-6-10/h2-6,11-14,16H,7-9H2,1H3/t11-,12+,13+,14+,16+,17+/m0/s1. The van der Waals surface area contributed by atoms with Gasteiger partial charge in [0.2, 0.25) is 0 Å². The Morgan fingerprint density at radius 2 is 2.04 bits per heavy atom. The molecule has 4 aliphatic heterocycles. The zero-order valence-electron chi connectivity index (χ0n) is 13.3. The summed E-state index contributed by atoms with van der Waals surface area (Å²) in [5.41, 5.74) is -0.0438. The molecule has 1 aromatic rings. The zero-order valence-corrected chi connectivity index (χ0v) is 13.3. The molecule has 2 bridgehead atoms. The van der Waals surface area contributed by atoms with Gasteiger partial charge in [-0.15, -0.1) is 0 Å². The second kappa shape index (κ2) is 5.24. The van der Waals surface area contributed by atoms with Crippen molar-refractivity contribution in [1.29, 1.82) is 0 Å². The minimum atomic E-state index is -0.561. The van der Waals surface area contributed by atoms with Crippen LogP contribution in [0.5, 0.6) is 0 Å². The normalized spacial score (nSPS) is 43.5. The van der Waals surface area contributed by atoms with Crippen LogP contribution in [-0.2, 0) is 23.8 Å². The lowest BCUT2D eigenvalue weighted by atomic mass is 9.74. The first-order chi connectivity index (χ1) is 11.7. The topological polar surface area (TPSA) is 66.5 Å². The molecular formula is C17H19NO6. The Morgan fingerprint density at radius 3 is 2.88 bits per heavy atom. The maximum absolute atomic E-state index is 12.6. The number of esters is 1. The number of rotatable bonds is 2. The van der Waals surface area contributed by atoms with E-state index in [-0.39, 0.29) is 24.1 Å². The molecule has 0 N–H and O–H groups in total. The third-order valence-corrected chi connectivity index (χ3v) is 5.62. The first-order valence-electron chi connectivity index (χ1n) is 8.22. The molecule has 0 saturated carbocycles. The predicted molar refractivity (Wildman–Crippen MR) is 79.9 cm³/mol. The molecule has 1 spiro atoms. The lowest BCUT2D eigenvalue weighted by Gasteiger charge is -2.47. The SMILES string of the molecule is CN1OC[C@@H]2CO[C@@H]3[C@@H]4OC[C@@H](O4)[C@@H](OC(=O)c4ccccc4)[C@]231. The summed E-state index contributed by atoms with van der Waals surface area (Å²) >= 11 is 0. The lowest BCUT2D eigenvalue weighted by Crippen LogP contribution is -2.69. The summed E-state index contributed by atoms with van der Waals surface area (Å²) in [4.78, 5) is 18.4. The van der Waals surface area contributed by atoms with Crippen LogP contribution in [0.15, 0.2) is 30.3 Å². The van der Waals surface area contributed by atoms with Gasteiger partial charge in [0.15, 0.2) is 12.4 Å². The molecule has 4 aliphatic rings. The molecule has 5 rings (SSSR count). The van der Waals surface area contributed by atoms with Crippen LogP contribution in [0.1, 0.15) is 10.4 Å². The fourth-order valence-corrected chi connectivity index (χ4v) is 4.50. The largest absolute Gasteiger partial charge is 0.454 e. The van der Waals surface area contributed by atoms with Crippen molar-refractivity contribution in [2.24, 2.45) is 5.92 Å². The van der Waals surface area contributed by atoms with Crippen LogP contribution in [0, 0.1) is 5.92 Å². The first kappa shape index (κ1) is 14.8. The zero-order chi connectivity index (χ0) is 16.3. The fraction of sp³-hybridized carbons (Fsp3) is 0.588. The molecular weight excluding hydrogens is 314 g/mol. The summed E-state index contributed by atoms with van der Waals surface area (Å²) < 4.78 is 23.6. The van der Waals surface area contributed by atoms with Gasteiger partial charge in [0.05, 0.1) is 25.4 Å². The molecule has 4 fully saturated rings. The van der Waals surface area contributed by atoms with Crippen molar-refractivity contribution < 1.29 is 28.6 Å². The van der Waals surface area contributed by atoms with E-state index in [1.807, 2.05) is 25.2 Å². The number of nitrogens with zero attached hydrogens (tertiary/aromatic N) is 1. The number of carbonyl (C=O) groups is 1. The van der Waals surface area contributed by atoms with Crippen LogP contribution in [0.25, 0.3) is 0 Å². The Kier molecular flexibility index (Phi) is 3.23. The van der Waals surface area contributed by atoms with Gasteiger partial charge in [0.1, 0.15) is 17.7 Å². The number of ether oxygens (including phenoxy) is 4. The molecule has 4 saturated heterocycles. The van der Waals surface area contributed by atoms with E-state index in [0.29, 0.717) is 25.4 Å². The van der Waals surface area contributed by atoms with Crippen LogP contribution < -0.4 is 0 Å². The number of hydrogen-bond donors (Lipinski definition) is 0. The Balaban J connectivity index is 1.52. The Hall–Kier alpha value is -1.51. The van der Waals surface area contributed by atoms with E-state index in [0.717, 1.165) is 0 Å². The summed E-state index contributed by atoms with van der Waals surface area (Å²) in [6, 6.07) is 8.98. The van der Waals surface area contributed by atoms with Gasteiger partial charge < -0.3 is 18.9 Å². The smallest absolute Gasteiger partial charge is 0.338 e. The number of hydroxylamine groups is 2. The van der Waals surface area contributed by atoms with Crippen LogP contribution in [0.4, 0.5) is 0 Å². The average Bonchev–Trinajstić information content (AvgIpc) is 3.28. The molecule has 7 nitrogen and oxygen atoms in total. The highest BCUT2D eigenvalue weighted by Gasteiger charge is 2.72. The monoisotopic (exact) mass is 333 g/mol. The molecule has 6 atom stereocenters. The first-order valence-corrected chi connectivity index (χ1v) is 8.22. The molecule has 0 aromatic heterocycles. The molecule has 1 aromatic carbocycles. The van der Waals surface area contributed by atoms with Gasteiger partial charge in [-0.1, -0.05) is 18.2 Å². The van der Waals surface area contributed by atoms with Gasteiger partial charge in [-0.25, -0.2) is 4.79 Å². The minimum absolute atomic E-state index is 0.122. The van der Waals surface area contributed by atoms with Crippen molar-refractivity contribution in [3.05, 3.63) is 35.9 Å². The fourth-order valence-electron chi connectivity index (χ4n) is 4.50. The van der Waals surface area contributed by atoms with Gasteiger partial charge >= 0.3 is 5.97 Å². The number of carbonyl (C=O) groups excluding carboxylic acids is 1. The van der Waals surface area contributed by atoms with Gasteiger partial charge in [0.25, 0.3) is 0 Å². The maximum Gasteiger partial charge on any atom is 0.338 e. The van der Waals surface area contributed by atoms with E-state index in [1.165, 1.54) is 0 Å². The number of fused-ring (bicyclic) bond motifs is 3. The third kappa shape index (κ3) is 1.81. The van der Waals surface area contributed by atoms with Crippen LogP contribution in [-0.4, -0.2) is 68.0 Å². The molecule has 0 radical (unpaired) electrons. The summed E-state index contributed by atoms with van der Waals surface area (Å²) in [6.07, 6.45) is -1.58. The van der Waals surface area contributed by atoms with E-state index in [4.69, 9.17) is 23.8 Å². The predicted octanol–water partition coefficient (Wildman–Crippen LogP) is 0.598.